The van der Waals surface area contributed by atoms with Gasteiger partial charge in [0.2, 0.25) is 5.91 Å². The summed E-state index contributed by atoms with van der Waals surface area (Å²) in [6, 6.07) is 2.89. The highest BCUT2D eigenvalue weighted by Gasteiger charge is 2.35. The summed E-state index contributed by atoms with van der Waals surface area (Å²) in [4.78, 5) is 13.2. The molecule has 1 aliphatic heterocycles. The molecule has 20 heavy (non-hydrogen) atoms. The number of sulfonamides is 1. The van der Waals surface area contributed by atoms with Crippen LogP contribution in [-0.2, 0) is 14.8 Å². The van der Waals surface area contributed by atoms with Crippen LogP contribution in [0.5, 0.6) is 0 Å². The molecule has 0 saturated carbocycles. The second-order valence-electron chi connectivity index (χ2n) is 3.91. The first-order chi connectivity index (χ1) is 9.35. The van der Waals surface area contributed by atoms with E-state index in [-0.39, 0.29) is 27.1 Å². The van der Waals surface area contributed by atoms with E-state index in [9.17, 15) is 13.2 Å². The fourth-order valence-electron chi connectivity index (χ4n) is 1.54. The molecular weight excluding hydrogens is 340 g/mol. The van der Waals surface area contributed by atoms with Gasteiger partial charge in [-0.25, -0.2) is 0 Å². The molecule has 0 aromatic carbocycles. The smallest absolute Gasteiger partial charge is 0.286 e. The average Bonchev–Trinajstić information content (AvgIpc) is 2.90. The van der Waals surface area contributed by atoms with Crippen LogP contribution >= 0.6 is 34.7 Å². The minimum Gasteiger partial charge on any atom is -0.286 e. The molecule has 1 saturated heterocycles. The summed E-state index contributed by atoms with van der Waals surface area (Å²) < 4.78 is 28.5. The first-order valence-corrected chi connectivity index (χ1v) is 9.06. The first kappa shape index (κ1) is 15.6. The fourth-order valence-corrected chi connectivity index (χ4v) is 5.19. The Morgan fingerprint density at radius 2 is 2.25 bits per heavy atom. The lowest BCUT2D eigenvalue weighted by Crippen LogP contribution is -2.31. The van der Waals surface area contributed by atoms with E-state index in [0.717, 1.165) is 23.1 Å². The minimum atomic E-state index is -3.85. The Labute approximate surface area is 130 Å². The lowest BCUT2D eigenvalue weighted by Gasteiger charge is -2.12. The highest BCUT2D eigenvalue weighted by Crippen LogP contribution is 2.31. The third-order valence-corrected chi connectivity index (χ3v) is 6.60. The molecule has 2 rings (SSSR count). The van der Waals surface area contributed by atoms with E-state index < -0.39 is 10.0 Å². The molecule has 2 heterocycles. The number of carbonyl (C=O) groups is 1. The highest BCUT2D eigenvalue weighted by atomic mass is 35.5. The average molecular weight is 351 g/mol. The van der Waals surface area contributed by atoms with Gasteiger partial charge in [-0.2, -0.15) is 8.42 Å². The number of halogens is 1. The second kappa shape index (κ2) is 5.88. The molecule has 1 aliphatic rings. The van der Waals surface area contributed by atoms with Crippen molar-refractivity contribution >= 4 is 55.8 Å². The zero-order valence-corrected chi connectivity index (χ0v) is 13.7. The third-order valence-electron chi connectivity index (χ3n) is 2.44. The minimum absolute atomic E-state index is 0.0566. The number of carbonyl (C=O) groups excluding carboxylic acids is 1. The molecule has 5 nitrogen and oxygen atoms in total. The molecule has 9 heteroatoms. The quantitative estimate of drug-likeness (QED) is 0.783. The molecule has 1 aromatic heterocycles. The van der Waals surface area contributed by atoms with E-state index >= 15 is 0 Å². The number of hydrogen-bond donors (Lipinski definition) is 0. The molecule has 0 bridgehead atoms. The Morgan fingerprint density at radius 1 is 1.55 bits per heavy atom. The summed E-state index contributed by atoms with van der Waals surface area (Å²) in [5, 5.41) is -0.178. The van der Waals surface area contributed by atoms with Crippen molar-refractivity contribution in [3.63, 3.8) is 0 Å². The van der Waals surface area contributed by atoms with E-state index in [1.54, 1.807) is 6.92 Å². The Morgan fingerprint density at radius 3 is 2.80 bits per heavy atom. The SMILES string of the molecule is C=CCN1C(=O)[C@H](C)SC1=NS(=O)(=O)c1ccc(Cl)s1. The van der Waals surface area contributed by atoms with Crippen molar-refractivity contribution in [2.45, 2.75) is 16.4 Å². The van der Waals surface area contributed by atoms with Crippen molar-refractivity contribution in [2.75, 3.05) is 6.54 Å². The second-order valence-corrected chi connectivity index (χ2v) is 8.76. The van der Waals surface area contributed by atoms with Gasteiger partial charge in [-0.05, 0) is 19.1 Å². The summed E-state index contributed by atoms with van der Waals surface area (Å²) in [7, 11) is -3.85. The van der Waals surface area contributed by atoms with Gasteiger partial charge < -0.3 is 0 Å². The molecule has 1 fully saturated rings. The monoisotopic (exact) mass is 350 g/mol. The predicted molar refractivity (Wildman–Crippen MR) is 82.9 cm³/mol. The van der Waals surface area contributed by atoms with Gasteiger partial charge in [-0.15, -0.1) is 22.3 Å². The summed E-state index contributed by atoms with van der Waals surface area (Å²) >= 11 is 7.78. The molecule has 0 N–H and O–H groups in total. The van der Waals surface area contributed by atoms with Gasteiger partial charge >= 0.3 is 0 Å². The van der Waals surface area contributed by atoms with Crippen molar-refractivity contribution in [3.8, 4) is 0 Å². The van der Waals surface area contributed by atoms with Gasteiger partial charge in [0.15, 0.2) is 5.17 Å². The predicted octanol–water partition coefficient (Wildman–Crippen LogP) is 2.60. The number of amides is 1. The summed E-state index contributed by atoms with van der Waals surface area (Å²) in [6.45, 7) is 5.49. The van der Waals surface area contributed by atoms with Crippen molar-refractivity contribution < 1.29 is 13.2 Å². The van der Waals surface area contributed by atoms with Crippen molar-refractivity contribution in [1.82, 2.24) is 4.90 Å². The number of thioether (sulfide) groups is 1. The van der Waals surface area contributed by atoms with Crippen LogP contribution in [0.2, 0.25) is 4.34 Å². The molecule has 0 aliphatic carbocycles. The van der Waals surface area contributed by atoms with Gasteiger partial charge in [0.1, 0.15) is 4.21 Å². The molecule has 108 valence electrons. The van der Waals surface area contributed by atoms with Gasteiger partial charge in [0.25, 0.3) is 10.0 Å². The molecule has 0 radical (unpaired) electrons. The first-order valence-electron chi connectivity index (χ1n) is 5.54. The molecular formula is C11H11ClN2O3S3. The fraction of sp³-hybridized carbons (Fsp3) is 0.273. The molecule has 0 unspecified atom stereocenters. The van der Waals surface area contributed by atoms with E-state index in [4.69, 9.17) is 11.6 Å². The standard InChI is InChI=1S/C11H11ClN2O3S3/c1-3-6-14-10(15)7(2)18-11(14)13-20(16,17)9-5-4-8(12)19-9/h3-5,7H,1,6H2,2H3/t7-/m0/s1. The maximum absolute atomic E-state index is 12.2. The third kappa shape index (κ3) is 3.08. The number of rotatable bonds is 4. The van der Waals surface area contributed by atoms with Gasteiger partial charge in [0.05, 0.1) is 9.59 Å². The van der Waals surface area contributed by atoms with E-state index in [0.29, 0.717) is 4.34 Å². The Bertz CT molecular complexity index is 681. The van der Waals surface area contributed by atoms with Crippen LogP contribution in [0.1, 0.15) is 6.92 Å². The summed E-state index contributed by atoms with van der Waals surface area (Å²) in [5.74, 6) is -0.173. The van der Waals surface area contributed by atoms with E-state index in [1.165, 1.54) is 23.1 Å². The Balaban J connectivity index is 2.38. The summed E-state index contributed by atoms with van der Waals surface area (Å²) in [5.41, 5.74) is 0. The lowest BCUT2D eigenvalue weighted by molar-refractivity contribution is -0.125. The van der Waals surface area contributed by atoms with Crippen LogP contribution in [0.15, 0.2) is 33.4 Å². The van der Waals surface area contributed by atoms with Crippen LogP contribution < -0.4 is 0 Å². The van der Waals surface area contributed by atoms with Crippen molar-refractivity contribution in [3.05, 3.63) is 29.1 Å². The number of amidine groups is 1. The number of thiophene rings is 1. The molecule has 1 aromatic rings. The largest absolute Gasteiger partial charge is 0.294 e. The van der Waals surface area contributed by atoms with Crippen LogP contribution in [0.4, 0.5) is 0 Å². The van der Waals surface area contributed by atoms with Gasteiger partial charge in [-0.1, -0.05) is 29.4 Å². The van der Waals surface area contributed by atoms with Crippen LogP contribution in [0, 0.1) is 0 Å². The van der Waals surface area contributed by atoms with Crippen molar-refractivity contribution in [1.29, 1.82) is 0 Å². The number of hydrogen-bond acceptors (Lipinski definition) is 5. The Hall–Kier alpha value is -0.830. The lowest BCUT2D eigenvalue weighted by atomic mass is 10.4. The van der Waals surface area contributed by atoms with Gasteiger partial charge in [0, 0.05) is 6.54 Å². The maximum Gasteiger partial charge on any atom is 0.294 e. The normalized spacial score (nSPS) is 21.7. The topological polar surface area (TPSA) is 66.8 Å². The van der Waals surface area contributed by atoms with E-state index in [2.05, 4.69) is 11.0 Å². The van der Waals surface area contributed by atoms with Crippen molar-refractivity contribution in [2.24, 2.45) is 4.40 Å². The molecule has 1 amide bonds. The zero-order chi connectivity index (χ0) is 14.9. The zero-order valence-electron chi connectivity index (χ0n) is 10.4. The molecule has 1 atom stereocenters. The van der Waals surface area contributed by atoms with E-state index in [1.807, 2.05) is 0 Å². The Kier molecular flexibility index (Phi) is 4.58. The maximum atomic E-state index is 12.2. The van der Waals surface area contributed by atoms with Gasteiger partial charge in [-0.3, -0.25) is 9.69 Å². The highest BCUT2D eigenvalue weighted by molar-refractivity contribution is 8.16. The van der Waals surface area contributed by atoms with Crippen LogP contribution in [-0.4, -0.2) is 36.2 Å². The van der Waals surface area contributed by atoms with Crippen LogP contribution in [0.3, 0.4) is 0 Å². The molecule has 0 spiro atoms. The number of nitrogens with zero attached hydrogens (tertiary/aromatic N) is 2. The van der Waals surface area contributed by atoms with Crippen LogP contribution in [0.25, 0.3) is 0 Å². The summed E-state index contributed by atoms with van der Waals surface area (Å²) in [6.07, 6.45) is 1.53.